The molecule has 0 bridgehead atoms. The van der Waals surface area contributed by atoms with E-state index >= 15 is 0 Å². The highest BCUT2D eigenvalue weighted by Gasteiger charge is 1.97. The maximum Gasteiger partial charge on any atom is 0.255 e. The van der Waals surface area contributed by atoms with Crippen molar-refractivity contribution in [3.05, 3.63) is 24.3 Å². The van der Waals surface area contributed by atoms with Crippen LogP contribution in [0.15, 0.2) is 18.3 Å². The number of methoxy groups -OCH3 is 1. The fourth-order valence-electron chi connectivity index (χ4n) is 0.524. The van der Waals surface area contributed by atoms with E-state index in [1.54, 1.807) is 6.07 Å². The smallest absolute Gasteiger partial charge is 0.255 e. The number of aromatic nitrogens is 1. The summed E-state index contributed by atoms with van der Waals surface area (Å²) >= 11 is 0. The van der Waals surface area contributed by atoms with Crippen LogP contribution in [0, 0.1) is 5.95 Å². The van der Waals surface area contributed by atoms with Gasteiger partial charge in [0, 0.05) is 6.20 Å². The summed E-state index contributed by atoms with van der Waals surface area (Å²) in [5, 5.41) is 0. The zero-order chi connectivity index (χ0) is 6.69. The quantitative estimate of drug-likeness (QED) is 0.529. The number of hydrogen-bond donors (Lipinski definition) is 0. The molecule has 0 radical (unpaired) electrons. The van der Waals surface area contributed by atoms with Crippen molar-refractivity contribution in [2.75, 3.05) is 7.11 Å². The summed E-state index contributed by atoms with van der Waals surface area (Å²) in [6, 6.07) is 3.13. The summed E-state index contributed by atoms with van der Waals surface area (Å²) in [6.45, 7) is 0. The highest BCUT2D eigenvalue weighted by atomic mass is 19.1. The molecule has 0 fully saturated rings. The number of ether oxygens (including phenoxy) is 1. The van der Waals surface area contributed by atoms with Gasteiger partial charge in [-0.1, -0.05) is 0 Å². The van der Waals surface area contributed by atoms with Gasteiger partial charge in [-0.25, -0.2) is 4.98 Å². The summed E-state index contributed by atoms with van der Waals surface area (Å²) in [5.74, 6) is -0.391. The Bertz CT molecular complexity index is 202. The minimum atomic E-state index is -0.569. The molecular weight excluding hydrogens is 121 g/mol. The topological polar surface area (TPSA) is 22.1 Å². The predicted octanol–water partition coefficient (Wildman–Crippen LogP) is 1.23. The van der Waals surface area contributed by atoms with Crippen molar-refractivity contribution in [1.29, 1.82) is 0 Å². The van der Waals surface area contributed by atoms with Crippen LogP contribution in [0.2, 0.25) is 0 Å². The Kier molecular flexibility index (Phi) is 1.63. The summed E-state index contributed by atoms with van der Waals surface area (Å²) in [4.78, 5) is 3.36. The third-order valence-electron chi connectivity index (χ3n) is 0.945. The minimum Gasteiger partial charge on any atom is -0.492 e. The average molecular weight is 127 g/mol. The maximum absolute atomic E-state index is 12.4. The first-order valence-electron chi connectivity index (χ1n) is 2.49. The molecule has 0 unspecified atom stereocenters. The van der Waals surface area contributed by atoms with Crippen molar-refractivity contribution in [3.8, 4) is 5.75 Å². The van der Waals surface area contributed by atoms with E-state index in [1.165, 1.54) is 19.4 Å². The van der Waals surface area contributed by atoms with Gasteiger partial charge < -0.3 is 4.74 Å². The van der Waals surface area contributed by atoms with Crippen LogP contribution in [-0.4, -0.2) is 12.1 Å². The Morgan fingerprint density at radius 3 is 2.89 bits per heavy atom. The first-order valence-corrected chi connectivity index (χ1v) is 2.49. The SMILES string of the molecule is COc1cccnc1F. The third-order valence-corrected chi connectivity index (χ3v) is 0.945. The van der Waals surface area contributed by atoms with E-state index in [0.717, 1.165) is 0 Å². The Balaban J connectivity index is 3.01. The van der Waals surface area contributed by atoms with Crippen molar-refractivity contribution in [2.45, 2.75) is 0 Å². The van der Waals surface area contributed by atoms with Crippen LogP contribution < -0.4 is 4.74 Å². The van der Waals surface area contributed by atoms with E-state index in [-0.39, 0.29) is 5.75 Å². The van der Waals surface area contributed by atoms with Gasteiger partial charge in [-0.05, 0) is 12.1 Å². The lowest BCUT2D eigenvalue weighted by molar-refractivity contribution is 0.378. The second-order valence-electron chi connectivity index (χ2n) is 1.50. The molecule has 48 valence electrons. The standard InChI is InChI=1S/C6H6FNO/c1-9-5-3-2-4-8-6(5)7/h2-4H,1H3. The zero-order valence-electron chi connectivity index (χ0n) is 4.97. The first kappa shape index (κ1) is 6.01. The molecule has 0 saturated heterocycles. The molecule has 0 aromatic carbocycles. The van der Waals surface area contributed by atoms with Gasteiger partial charge in [-0.3, -0.25) is 0 Å². The van der Waals surface area contributed by atoms with Crippen LogP contribution in [0.4, 0.5) is 4.39 Å². The van der Waals surface area contributed by atoms with Gasteiger partial charge >= 0.3 is 0 Å². The van der Waals surface area contributed by atoms with Gasteiger partial charge in [0.05, 0.1) is 7.11 Å². The van der Waals surface area contributed by atoms with Crippen molar-refractivity contribution < 1.29 is 9.13 Å². The number of nitrogens with zero attached hydrogens (tertiary/aromatic N) is 1. The van der Waals surface area contributed by atoms with E-state index in [9.17, 15) is 4.39 Å². The van der Waals surface area contributed by atoms with Crippen LogP contribution in [0.5, 0.6) is 5.75 Å². The Morgan fingerprint density at radius 2 is 2.44 bits per heavy atom. The van der Waals surface area contributed by atoms with E-state index in [1.807, 2.05) is 0 Å². The van der Waals surface area contributed by atoms with Crippen LogP contribution in [-0.2, 0) is 0 Å². The maximum atomic E-state index is 12.4. The van der Waals surface area contributed by atoms with E-state index in [0.29, 0.717) is 0 Å². The number of hydrogen-bond acceptors (Lipinski definition) is 2. The van der Waals surface area contributed by atoms with Crippen LogP contribution in [0.25, 0.3) is 0 Å². The molecule has 0 N–H and O–H groups in total. The van der Waals surface area contributed by atoms with Crippen molar-refractivity contribution in [1.82, 2.24) is 4.98 Å². The molecule has 0 aliphatic rings. The molecular formula is C6H6FNO. The largest absolute Gasteiger partial charge is 0.492 e. The molecule has 0 amide bonds. The predicted molar refractivity (Wildman–Crippen MR) is 30.7 cm³/mol. The zero-order valence-corrected chi connectivity index (χ0v) is 4.97. The molecule has 0 saturated carbocycles. The lowest BCUT2D eigenvalue weighted by Crippen LogP contribution is -1.88. The Hall–Kier alpha value is -1.12. The van der Waals surface area contributed by atoms with E-state index in [2.05, 4.69) is 9.72 Å². The minimum absolute atomic E-state index is 0.178. The van der Waals surface area contributed by atoms with Crippen LogP contribution in [0.3, 0.4) is 0 Å². The molecule has 1 aromatic rings. The van der Waals surface area contributed by atoms with Crippen molar-refractivity contribution in [2.24, 2.45) is 0 Å². The highest BCUT2D eigenvalue weighted by molar-refractivity contribution is 5.17. The van der Waals surface area contributed by atoms with Gasteiger partial charge in [0.25, 0.3) is 5.95 Å². The van der Waals surface area contributed by atoms with E-state index < -0.39 is 5.95 Å². The molecule has 1 heterocycles. The van der Waals surface area contributed by atoms with Crippen LogP contribution in [0.1, 0.15) is 0 Å². The molecule has 3 heteroatoms. The van der Waals surface area contributed by atoms with E-state index in [4.69, 9.17) is 0 Å². The average Bonchev–Trinajstić information content (AvgIpc) is 1.89. The number of rotatable bonds is 1. The number of pyridine rings is 1. The molecule has 0 spiro atoms. The molecule has 1 rings (SSSR count). The summed E-state index contributed by atoms with van der Waals surface area (Å²) < 4.78 is 17.0. The van der Waals surface area contributed by atoms with Gasteiger partial charge in [0.1, 0.15) is 0 Å². The molecule has 2 nitrogen and oxygen atoms in total. The van der Waals surface area contributed by atoms with Gasteiger partial charge in [0.2, 0.25) is 0 Å². The summed E-state index contributed by atoms with van der Waals surface area (Å²) in [5.41, 5.74) is 0. The third kappa shape index (κ3) is 1.16. The summed E-state index contributed by atoms with van der Waals surface area (Å²) in [6.07, 6.45) is 1.37. The Labute approximate surface area is 52.3 Å². The lowest BCUT2D eigenvalue weighted by atomic mass is 10.4. The van der Waals surface area contributed by atoms with Crippen molar-refractivity contribution in [3.63, 3.8) is 0 Å². The normalized spacial score (nSPS) is 9.11. The van der Waals surface area contributed by atoms with Crippen LogP contribution >= 0.6 is 0 Å². The second-order valence-corrected chi connectivity index (χ2v) is 1.50. The lowest BCUT2D eigenvalue weighted by Gasteiger charge is -1.96. The highest BCUT2D eigenvalue weighted by Crippen LogP contribution is 2.10. The fraction of sp³-hybridized carbons (Fsp3) is 0.167. The molecule has 1 aromatic heterocycles. The molecule has 9 heavy (non-hydrogen) atoms. The van der Waals surface area contributed by atoms with Gasteiger partial charge in [-0.15, -0.1) is 0 Å². The molecule has 0 aliphatic carbocycles. The van der Waals surface area contributed by atoms with Crippen molar-refractivity contribution >= 4 is 0 Å². The number of halogens is 1. The molecule has 0 atom stereocenters. The second kappa shape index (κ2) is 2.44. The molecule has 0 aliphatic heterocycles. The first-order chi connectivity index (χ1) is 4.34. The van der Waals surface area contributed by atoms with Gasteiger partial charge in [-0.2, -0.15) is 4.39 Å². The monoisotopic (exact) mass is 127 g/mol. The fourth-order valence-corrected chi connectivity index (χ4v) is 0.524. The Morgan fingerprint density at radius 1 is 1.67 bits per heavy atom. The van der Waals surface area contributed by atoms with Gasteiger partial charge in [0.15, 0.2) is 5.75 Å². The summed E-state index contributed by atoms with van der Waals surface area (Å²) in [7, 11) is 1.40.